The van der Waals surface area contributed by atoms with Gasteiger partial charge in [0.1, 0.15) is 0 Å². The third-order valence-electron chi connectivity index (χ3n) is 4.53. The van der Waals surface area contributed by atoms with Crippen molar-refractivity contribution in [2.75, 3.05) is 6.54 Å². The van der Waals surface area contributed by atoms with Crippen molar-refractivity contribution in [2.45, 2.75) is 64.8 Å². The Hall–Kier alpha value is -1.22. The largest absolute Gasteiger partial charge is 0.324 e. The van der Waals surface area contributed by atoms with E-state index in [1.807, 2.05) is 23.1 Å². The van der Waals surface area contributed by atoms with E-state index in [1.165, 1.54) is 43.9 Å². The Morgan fingerprint density at radius 2 is 1.70 bits per heavy atom. The van der Waals surface area contributed by atoms with E-state index in [2.05, 4.69) is 39.0 Å². The highest BCUT2D eigenvalue weighted by molar-refractivity contribution is 8.17. The lowest BCUT2D eigenvalue weighted by Gasteiger charge is -2.31. The van der Waals surface area contributed by atoms with Crippen LogP contribution in [-0.2, 0) is 0 Å². The van der Waals surface area contributed by atoms with Gasteiger partial charge >= 0.3 is 0 Å². The third-order valence-corrected chi connectivity index (χ3v) is 5.76. The van der Waals surface area contributed by atoms with Crippen LogP contribution in [0.4, 0.5) is 4.79 Å². The lowest BCUT2D eigenvalue weighted by Crippen LogP contribution is -2.41. The fourth-order valence-electron chi connectivity index (χ4n) is 2.96. The molecule has 0 N–H and O–H groups in total. The molecule has 1 amide bonds. The summed E-state index contributed by atoms with van der Waals surface area (Å²) >= 11 is 1.40. The van der Waals surface area contributed by atoms with Crippen molar-refractivity contribution in [1.82, 2.24) is 4.90 Å². The Balaban J connectivity index is 1.94. The zero-order chi connectivity index (χ0) is 16.7. The van der Waals surface area contributed by atoms with Crippen molar-refractivity contribution >= 4 is 23.1 Å². The molecule has 0 saturated carbocycles. The van der Waals surface area contributed by atoms with Crippen LogP contribution in [-0.4, -0.2) is 22.2 Å². The molecule has 0 spiro atoms. The Morgan fingerprint density at radius 3 is 2.39 bits per heavy atom. The first kappa shape index (κ1) is 18.1. The average Bonchev–Trinajstić information content (AvgIpc) is 2.74. The molecule has 23 heavy (non-hydrogen) atoms. The summed E-state index contributed by atoms with van der Waals surface area (Å²) in [7, 11) is 0. The van der Waals surface area contributed by atoms with Gasteiger partial charge in [0.05, 0.1) is 5.54 Å². The smallest absolute Gasteiger partial charge is 0.286 e. The summed E-state index contributed by atoms with van der Waals surface area (Å²) < 4.78 is 0. The average molecular weight is 332 g/mol. The molecule has 0 radical (unpaired) electrons. The lowest BCUT2D eigenvalue weighted by atomic mass is 10.00. The van der Waals surface area contributed by atoms with Gasteiger partial charge in [0.15, 0.2) is 0 Å². The number of hydrogen-bond donors (Lipinski definition) is 0. The van der Waals surface area contributed by atoms with Gasteiger partial charge in [-0.3, -0.25) is 4.79 Å². The number of rotatable bonds is 8. The van der Waals surface area contributed by atoms with Gasteiger partial charge in [-0.05, 0) is 43.7 Å². The Morgan fingerprint density at radius 1 is 1.04 bits per heavy atom. The number of hydrogen-bond acceptors (Lipinski definition) is 2. The zero-order valence-electron chi connectivity index (χ0n) is 14.7. The fourth-order valence-corrected chi connectivity index (χ4v) is 4.14. The molecule has 0 unspecified atom stereocenters. The van der Waals surface area contributed by atoms with Crippen molar-refractivity contribution in [3.8, 4) is 0 Å². The molecule has 1 heterocycles. The van der Waals surface area contributed by atoms with Gasteiger partial charge in [-0.15, -0.1) is 0 Å². The van der Waals surface area contributed by atoms with E-state index >= 15 is 0 Å². The monoisotopic (exact) mass is 331 g/mol. The van der Waals surface area contributed by atoms with Gasteiger partial charge in [0, 0.05) is 11.4 Å². The minimum atomic E-state index is -0.193. The first-order valence-electron chi connectivity index (χ1n) is 8.82. The summed E-state index contributed by atoms with van der Waals surface area (Å²) in [6, 6.07) is 10.3. The highest BCUT2D eigenvalue weighted by atomic mass is 32.2. The maximum absolute atomic E-state index is 12.4. The summed E-state index contributed by atoms with van der Waals surface area (Å²) in [4.78, 5) is 15.6. The molecular formula is C20H29NOS. The molecule has 0 aliphatic carbocycles. The third kappa shape index (κ3) is 4.87. The Labute approximate surface area is 145 Å². The fraction of sp³-hybridized carbons (Fsp3) is 0.550. The molecule has 1 aromatic carbocycles. The molecule has 0 bridgehead atoms. The summed E-state index contributed by atoms with van der Waals surface area (Å²) in [6.45, 7) is 7.44. The summed E-state index contributed by atoms with van der Waals surface area (Å²) in [5, 5.41) is 0.200. The molecule has 0 atom stereocenters. The van der Waals surface area contributed by atoms with E-state index in [-0.39, 0.29) is 10.8 Å². The van der Waals surface area contributed by atoms with Gasteiger partial charge in [-0.25, -0.2) is 0 Å². The van der Waals surface area contributed by atoms with Crippen molar-refractivity contribution in [2.24, 2.45) is 0 Å². The molecule has 3 heteroatoms. The molecule has 1 aromatic rings. The molecule has 1 fully saturated rings. The van der Waals surface area contributed by atoms with Gasteiger partial charge in [0.25, 0.3) is 5.24 Å². The normalized spacial score (nSPS) is 18.8. The summed E-state index contributed by atoms with van der Waals surface area (Å²) in [5.74, 6) is 0. The van der Waals surface area contributed by atoms with Crippen LogP contribution in [0.15, 0.2) is 35.2 Å². The van der Waals surface area contributed by atoms with Crippen LogP contribution in [0.25, 0.3) is 6.08 Å². The molecular weight excluding hydrogens is 302 g/mol. The highest BCUT2D eigenvalue weighted by Gasteiger charge is 2.42. The van der Waals surface area contributed by atoms with E-state index in [1.54, 1.807) is 0 Å². The summed E-state index contributed by atoms with van der Waals surface area (Å²) in [6.07, 6.45) is 9.71. The topological polar surface area (TPSA) is 20.3 Å². The van der Waals surface area contributed by atoms with Crippen LogP contribution in [0.5, 0.6) is 0 Å². The SMILES string of the molecule is CCCCCCCCN1C(=O)S/C(=C\c2ccccc2)C1(C)C. The molecule has 2 rings (SSSR count). The zero-order valence-corrected chi connectivity index (χ0v) is 15.5. The summed E-state index contributed by atoms with van der Waals surface area (Å²) in [5.41, 5.74) is 0.971. The molecule has 2 nitrogen and oxygen atoms in total. The number of carbonyl (C=O) groups excluding carboxylic acids is 1. The van der Waals surface area contributed by atoms with Crippen LogP contribution in [0.2, 0.25) is 0 Å². The van der Waals surface area contributed by atoms with E-state index in [4.69, 9.17) is 0 Å². The van der Waals surface area contributed by atoms with E-state index in [0.29, 0.717) is 0 Å². The standard InChI is InChI=1S/C20H29NOS/c1-4-5-6-7-8-12-15-21-19(22)23-18(20(21,2)3)16-17-13-10-9-11-14-17/h9-11,13-14,16H,4-8,12,15H2,1-3H3/b18-16-. The first-order valence-corrected chi connectivity index (χ1v) is 9.64. The number of benzene rings is 1. The predicted molar refractivity (Wildman–Crippen MR) is 102 cm³/mol. The van der Waals surface area contributed by atoms with Gasteiger partial charge in [-0.1, -0.05) is 69.4 Å². The molecule has 1 saturated heterocycles. The van der Waals surface area contributed by atoms with Crippen LogP contribution < -0.4 is 0 Å². The van der Waals surface area contributed by atoms with E-state index < -0.39 is 0 Å². The number of thioether (sulfide) groups is 1. The highest BCUT2D eigenvalue weighted by Crippen LogP contribution is 2.44. The maximum atomic E-state index is 12.4. The second kappa shape index (κ2) is 8.58. The second-order valence-corrected chi connectivity index (χ2v) is 7.76. The van der Waals surface area contributed by atoms with Crippen molar-refractivity contribution < 1.29 is 4.79 Å². The maximum Gasteiger partial charge on any atom is 0.286 e. The molecule has 1 aliphatic rings. The number of carbonyl (C=O) groups is 1. The van der Waals surface area contributed by atoms with Crippen LogP contribution >= 0.6 is 11.8 Å². The van der Waals surface area contributed by atoms with Crippen molar-refractivity contribution in [1.29, 1.82) is 0 Å². The van der Waals surface area contributed by atoms with Gasteiger partial charge < -0.3 is 4.90 Å². The minimum Gasteiger partial charge on any atom is -0.324 e. The van der Waals surface area contributed by atoms with Crippen molar-refractivity contribution in [3.05, 3.63) is 40.8 Å². The van der Waals surface area contributed by atoms with Crippen LogP contribution in [0, 0.1) is 0 Å². The lowest BCUT2D eigenvalue weighted by molar-refractivity contribution is 0.185. The quantitative estimate of drug-likeness (QED) is 0.518. The van der Waals surface area contributed by atoms with Crippen molar-refractivity contribution in [3.63, 3.8) is 0 Å². The molecule has 1 aliphatic heterocycles. The molecule has 0 aromatic heterocycles. The molecule has 126 valence electrons. The predicted octanol–water partition coefficient (Wildman–Crippen LogP) is 6.34. The van der Waals surface area contributed by atoms with Crippen LogP contribution in [0.3, 0.4) is 0 Å². The Kier molecular flexibility index (Phi) is 6.76. The van der Waals surface area contributed by atoms with Crippen LogP contribution in [0.1, 0.15) is 64.9 Å². The van der Waals surface area contributed by atoms with Gasteiger partial charge in [-0.2, -0.15) is 0 Å². The number of unbranched alkanes of at least 4 members (excludes halogenated alkanes) is 5. The van der Waals surface area contributed by atoms with E-state index in [9.17, 15) is 4.79 Å². The van der Waals surface area contributed by atoms with Gasteiger partial charge in [0.2, 0.25) is 0 Å². The second-order valence-electron chi connectivity index (χ2n) is 6.77. The number of amides is 1. The van der Waals surface area contributed by atoms with E-state index in [0.717, 1.165) is 23.4 Å². The first-order chi connectivity index (χ1) is 11.1. The number of nitrogens with zero attached hydrogens (tertiary/aromatic N) is 1. The Bertz CT molecular complexity index is 536. The minimum absolute atomic E-state index is 0.193.